The Labute approximate surface area is 103 Å². The number of esters is 1. The fraction of sp³-hybridized carbons (Fsp3) is 0.250. The summed E-state index contributed by atoms with van der Waals surface area (Å²) in [6.07, 6.45) is 3.66. The van der Waals surface area contributed by atoms with Crippen LogP contribution in [0.15, 0.2) is 36.4 Å². The molecule has 1 aromatic rings. The molecule has 1 aromatic carbocycles. The normalized spacial score (nSPS) is 10.4. The predicted molar refractivity (Wildman–Crippen MR) is 66.2 cm³/mol. The Morgan fingerprint density at radius 3 is 2.56 bits per heavy atom. The molecule has 0 spiro atoms. The molecule has 4 heteroatoms. The van der Waals surface area contributed by atoms with Crippen molar-refractivity contribution in [2.45, 2.75) is 0 Å². The van der Waals surface area contributed by atoms with Gasteiger partial charge in [-0.2, -0.15) is 0 Å². The molecule has 0 heterocycles. The average Bonchev–Trinajstić information content (AvgIpc) is 2.34. The maximum atomic E-state index is 11.5. The number of alkyl halides is 1. The summed E-state index contributed by atoms with van der Waals surface area (Å²) in [5.41, 5.74) is 0.521. The summed E-state index contributed by atoms with van der Waals surface area (Å²) in [5, 5.41) is 0.757. The molecule has 0 aliphatic rings. The minimum Gasteiger partial charge on any atom is -0.497 e. The zero-order chi connectivity index (χ0) is 11.8. The van der Waals surface area contributed by atoms with Gasteiger partial charge in [0.25, 0.3) is 0 Å². The maximum Gasteiger partial charge on any atom is 0.338 e. The lowest BCUT2D eigenvalue weighted by atomic mass is 10.2. The molecule has 0 N–H and O–H groups in total. The third-order valence-electron chi connectivity index (χ3n) is 1.89. The molecule has 0 atom stereocenters. The Morgan fingerprint density at radius 2 is 2.00 bits per heavy atom. The molecule has 0 saturated carbocycles. The Kier molecular flexibility index (Phi) is 5.64. The Bertz CT molecular complexity index is 357. The predicted octanol–water partition coefficient (Wildman–Crippen LogP) is 2.80. The van der Waals surface area contributed by atoms with Crippen molar-refractivity contribution in [3.8, 4) is 5.75 Å². The molecule has 0 amide bonds. The van der Waals surface area contributed by atoms with Gasteiger partial charge in [-0.1, -0.05) is 28.1 Å². The van der Waals surface area contributed by atoms with Gasteiger partial charge in [-0.05, 0) is 24.3 Å². The summed E-state index contributed by atoms with van der Waals surface area (Å²) in [5.74, 6) is 0.387. The Balaban J connectivity index is 2.49. The molecule has 0 aromatic heterocycles. The van der Waals surface area contributed by atoms with Gasteiger partial charge in [-0.15, -0.1) is 0 Å². The first-order chi connectivity index (χ1) is 7.77. The smallest absolute Gasteiger partial charge is 0.338 e. The standard InChI is InChI=1S/C12H13BrO3/c1-15-11-6-4-10(5-7-11)12(14)16-9-3-2-8-13/h2-7H,8-9H2,1H3/b3-2+. The molecule has 0 aliphatic heterocycles. The van der Waals surface area contributed by atoms with Crippen LogP contribution in [0.3, 0.4) is 0 Å². The van der Waals surface area contributed by atoms with Gasteiger partial charge < -0.3 is 9.47 Å². The van der Waals surface area contributed by atoms with E-state index in [0.717, 1.165) is 11.1 Å². The van der Waals surface area contributed by atoms with E-state index in [1.165, 1.54) is 0 Å². The van der Waals surface area contributed by atoms with Crippen LogP contribution in [-0.2, 0) is 4.74 Å². The number of ether oxygens (including phenoxy) is 2. The van der Waals surface area contributed by atoms with Gasteiger partial charge in [-0.3, -0.25) is 0 Å². The van der Waals surface area contributed by atoms with Crippen LogP contribution in [-0.4, -0.2) is 25.0 Å². The topological polar surface area (TPSA) is 35.5 Å². The van der Waals surface area contributed by atoms with Crippen molar-refractivity contribution in [3.63, 3.8) is 0 Å². The number of halogens is 1. The highest BCUT2D eigenvalue weighted by molar-refractivity contribution is 9.09. The summed E-state index contributed by atoms with van der Waals surface area (Å²) in [6, 6.07) is 6.81. The van der Waals surface area contributed by atoms with Crippen LogP contribution in [0.25, 0.3) is 0 Å². The summed E-state index contributed by atoms with van der Waals surface area (Å²) >= 11 is 3.24. The van der Waals surface area contributed by atoms with Crippen molar-refractivity contribution in [1.29, 1.82) is 0 Å². The van der Waals surface area contributed by atoms with E-state index in [1.807, 2.05) is 6.08 Å². The second-order valence-corrected chi connectivity index (χ2v) is 3.60. The van der Waals surface area contributed by atoms with E-state index in [0.29, 0.717) is 5.56 Å². The summed E-state index contributed by atoms with van der Waals surface area (Å²) in [4.78, 5) is 11.5. The van der Waals surface area contributed by atoms with Crippen molar-refractivity contribution in [2.24, 2.45) is 0 Å². The van der Waals surface area contributed by atoms with Crippen LogP contribution >= 0.6 is 15.9 Å². The fourth-order valence-corrected chi connectivity index (χ4v) is 1.33. The third-order valence-corrected chi connectivity index (χ3v) is 2.27. The van der Waals surface area contributed by atoms with E-state index in [-0.39, 0.29) is 12.6 Å². The van der Waals surface area contributed by atoms with E-state index in [1.54, 1.807) is 37.5 Å². The van der Waals surface area contributed by atoms with Gasteiger partial charge in [-0.25, -0.2) is 4.79 Å². The fourth-order valence-electron chi connectivity index (χ4n) is 1.07. The lowest BCUT2D eigenvalue weighted by molar-refractivity contribution is 0.0549. The molecule has 3 nitrogen and oxygen atoms in total. The van der Waals surface area contributed by atoms with Crippen LogP contribution in [0.4, 0.5) is 0 Å². The van der Waals surface area contributed by atoms with E-state index >= 15 is 0 Å². The van der Waals surface area contributed by atoms with Gasteiger partial charge in [0.05, 0.1) is 12.7 Å². The van der Waals surface area contributed by atoms with E-state index in [2.05, 4.69) is 15.9 Å². The molecule has 0 fully saturated rings. The Morgan fingerprint density at radius 1 is 1.31 bits per heavy atom. The average molecular weight is 285 g/mol. The minimum atomic E-state index is -0.332. The van der Waals surface area contributed by atoms with Crippen LogP contribution in [0.5, 0.6) is 5.75 Å². The van der Waals surface area contributed by atoms with Crippen LogP contribution in [0.1, 0.15) is 10.4 Å². The quantitative estimate of drug-likeness (QED) is 0.474. The molecule has 16 heavy (non-hydrogen) atoms. The van der Waals surface area contributed by atoms with Gasteiger partial charge in [0, 0.05) is 5.33 Å². The molecule has 0 unspecified atom stereocenters. The highest BCUT2D eigenvalue weighted by Gasteiger charge is 2.05. The number of hydrogen-bond acceptors (Lipinski definition) is 3. The number of methoxy groups -OCH3 is 1. The van der Waals surface area contributed by atoms with E-state index in [9.17, 15) is 4.79 Å². The molecule has 0 bridgehead atoms. The van der Waals surface area contributed by atoms with Gasteiger partial charge >= 0.3 is 5.97 Å². The summed E-state index contributed by atoms with van der Waals surface area (Å²) in [6.45, 7) is 0.288. The lowest BCUT2D eigenvalue weighted by Gasteiger charge is -2.03. The third kappa shape index (κ3) is 4.06. The molecule has 0 aliphatic carbocycles. The molecular formula is C12H13BrO3. The monoisotopic (exact) mass is 284 g/mol. The zero-order valence-electron chi connectivity index (χ0n) is 8.98. The number of carbonyl (C=O) groups excluding carboxylic acids is 1. The molecule has 0 saturated heterocycles. The number of rotatable bonds is 5. The van der Waals surface area contributed by atoms with Crippen molar-refractivity contribution in [2.75, 3.05) is 19.0 Å². The number of hydrogen-bond donors (Lipinski definition) is 0. The molecule has 1 rings (SSSR count). The van der Waals surface area contributed by atoms with Gasteiger partial charge in [0.15, 0.2) is 0 Å². The highest BCUT2D eigenvalue weighted by Crippen LogP contribution is 2.11. The van der Waals surface area contributed by atoms with E-state index < -0.39 is 0 Å². The zero-order valence-corrected chi connectivity index (χ0v) is 10.6. The SMILES string of the molecule is COc1ccc(C(=O)OC/C=C/CBr)cc1. The number of benzene rings is 1. The van der Waals surface area contributed by atoms with Crippen molar-refractivity contribution in [1.82, 2.24) is 0 Å². The van der Waals surface area contributed by atoms with Crippen molar-refractivity contribution in [3.05, 3.63) is 42.0 Å². The van der Waals surface area contributed by atoms with Crippen LogP contribution in [0.2, 0.25) is 0 Å². The largest absolute Gasteiger partial charge is 0.497 e. The Hall–Kier alpha value is -1.29. The molecular weight excluding hydrogens is 272 g/mol. The summed E-state index contributed by atoms with van der Waals surface area (Å²) in [7, 11) is 1.58. The first-order valence-corrected chi connectivity index (χ1v) is 5.92. The number of carbonyl (C=O) groups is 1. The van der Waals surface area contributed by atoms with Gasteiger partial charge in [0.1, 0.15) is 12.4 Å². The second kappa shape index (κ2) is 7.06. The summed E-state index contributed by atoms with van der Waals surface area (Å²) < 4.78 is 10.0. The van der Waals surface area contributed by atoms with Crippen molar-refractivity contribution >= 4 is 21.9 Å². The number of allylic oxidation sites excluding steroid dienone is 1. The van der Waals surface area contributed by atoms with E-state index in [4.69, 9.17) is 9.47 Å². The highest BCUT2D eigenvalue weighted by atomic mass is 79.9. The first kappa shape index (κ1) is 12.8. The van der Waals surface area contributed by atoms with Gasteiger partial charge in [0.2, 0.25) is 0 Å². The molecule has 86 valence electrons. The lowest BCUT2D eigenvalue weighted by Crippen LogP contribution is -2.04. The van der Waals surface area contributed by atoms with Crippen LogP contribution in [0, 0.1) is 0 Å². The first-order valence-electron chi connectivity index (χ1n) is 4.80. The van der Waals surface area contributed by atoms with Crippen LogP contribution < -0.4 is 4.74 Å². The van der Waals surface area contributed by atoms with Crippen molar-refractivity contribution < 1.29 is 14.3 Å². The molecule has 0 radical (unpaired) electrons. The second-order valence-electron chi connectivity index (χ2n) is 2.95. The minimum absolute atomic E-state index is 0.288. The maximum absolute atomic E-state index is 11.5.